The van der Waals surface area contributed by atoms with Crippen LogP contribution in [0.25, 0.3) is 0 Å². The molecule has 1 rings (SSSR count). The van der Waals surface area contributed by atoms with Gasteiger partial charge in [-0.3, -0.25) is 5.41 Å². The van der Waals surface area contributed by atoms with E-state index in [0.29, 0.717) is 12.2 Å². The number of sulfone groups is 1. The molecule has 0 heterocycles. The molecule has 0 aliphatic carbocycles. The monoisotopic (exact) mass is 256 g/mol. The molecule has 1 aromatic carbocycles. The lowest BCUT2D eigenvalue weighted by molar-refractivity contribution is 0.260. The van der Waals surface area contributed by atoms with Crippen LogP contribution in [0.4, 0.5) is 0 Å². The van der Waals surface area contributed by atoms with Crippen molar-refractivity contribution >= 4 is 15.7 Å². The highest BCUT2D eigenvalue weighted by Crippen LogP contribution is 2.17. The van der Waals surface area contributed by atoms with Crippen molar-refractivity contribution < 1.29 is 13.2 Å². The molecule has 1 aromatic rings. The molecule has 0 spiro atoms. The van der Waals surface area contributed by atoms with E-state index < -0.39 is 15.9 Å². The number of nitrogens with two attached hydrogens (primary N) is 1. The van der Waals surface area contributed by atoms with Gasteiger partial charge in [-0.2, -0.15) is 0 Å². The van der Waals surface area contributed by atoms with Crippen molar-refractivity contribution in [1.29, 1.82) is 5.41 Å². The fourth-order valence-electron chi connectivity index (χ4n) is 1.30. The summed E-state index contributed by atoms with van der Waals surface area (Å²) in [6.45, 7) is 1.86. The minimum absolute atomic E-state index is 0.0420. The van der Waals surface area contributed by atoms with Crippen molar-refractivity contribution in [2.75, 3.05) is 6.26 Å². The standard InChI is InChI=1S/C11H16N2O3S/c1-3-10(11(12)13)16-8-4-6-9(7-5-8)17(2,14)15/h4-7,10H,3H2,1-2H3,(H3,12,13). The highest BCUT2D eigenvalue weighted by Gasteiger charge is 2.12. The smallest absolute Gasteiger partial charge is 0.175 e. The molecule has 94 valence electrons. The topological polar surface area (TPSA) is 93.2 Å². The zero-order chi connectivity index (χ0) is 13.1. The lowest BCUT2D eigenvalue weighted by atomic mass is 10.2. The van der Waals surface area contributed by atoms with E-state index in [1.807, 2.05) is 6.92 Å². The molecular formula is C11H16N2O3S. The van der Waals surface area contributed by atoms with Crippen molar-refractivity contribution in [2.24, 2.45) is 5.73 Å². The maximum atomic E-state index is 11.2. The average Bonchev–Trinajstić information content (AvgIpc) is 2.25. The zero-order valence-corrected chi connectivity index (χ0v) is 10.6. The van der Waals surface area contributed by atoms with Gasteiger partial charge in [0.25, 0.3) is 0 Å². The quantitative estimate of drug-likeness (QED) is 0.611. The van der Waals surface area contributed by atoms with Crippen LogP contribution >= 0.6 is 0 Å². The van der Waals surface area contributed by atoms with Crippen LogP contribution in [0.1, 0.15) is 13.3 Å². The van der Waals surface area contributed by atoms with Crippen LogP contribution in [-0.4, -0.2) is 26.6 Å². The van der Waals surface area contributed by atoms with E-state index >= 15 is 0 Å². The summed E-state index contributed by atoms with van der Waals surface area (Å²) in [4.78, 5) is 0.237. The van der Waals surface area contributed by atoms with Gasteiger partial charge in [-0.1, -0.05) is 6.92 Å². The predicted octanol–water partition coefficient (Wildman–Crippen LogP) is 1.18. The lowest BCUT2D eigenvalue weighted by Crippen LogP contribution is -2.32. The third-order valence-corrected chi connectivity index (χ3v) is 3.38. The highest BCUT2D eigenvalue weighted by molar-refractivity contribution is 7.90. The Kier molecular flexibility index (Phi) is 4.11. The summed E-state index contributed by atoms with van der Waals surface area (Å²) in [5.74, 6) is 0.458. The second-order valence-electron chi connectivity index (χ2n) is 3.71. The lowest BCUT2D eigenvalue weighted by Gasteiger charge is -2.15. The second kappa shape index (κ2) is 5.18. The van der Waals surface area contributed by atoms with Crippen LogP contribution < -0.4 is 10.5 Å². The molecule has 6 heteroatoms. The van der Waals surface area contributed by atoms with Gasteiger partial charge in [-0.25, -0.2) is 8.42 Å². The molecule has 1 atom stereocenters. The molecule has 5 nitrogen and oxygen atoms in total. The number of nitrogens with one attached hydrogen (secondary N) is 1. The van der Waals surface area contributed by atoms with E-state index in [4.69, 9.17) is 15.9 Å². The normalized spacial score (nSPS) is 13.1. The zero-order valence-electron chi connectivity index (χ0n) is 9.80. The highest BCUT2D eigenvalue weighted by atomic mass is 32.2. The molecule has 0 aromatic heterocycles. The van der Waals surface area contributed by atoms with Crippen LogP contribution in [0.2, 0.25) is 0 Å². The van der Waals surface area contributed by atoms with E-state index in [1.54, 1.807) is 12.1 Å². The first-order valence-corrected chi connectivity index (χ1v) is 7.04. The molecule has 0 amide bonds. The van der Waals surface area contributed by atoms with Crippen molar-refractivity contribution in [3.05, 3.63) is 24.3 Å². The molecular weight excluding hydrogens is 240 g/mol. The fraction of sp³-hybridized carbons (Fsp3) is 0.364. The van der Waals surface area contributed by atoms with E-state index in [0.717, 1.165) is 6.26 Å². The summed E-state index contributed by atoms with van der Waals surface area (Å²) < 4.78 is 27.9. The van der Waals surface area contributed by atoms with Gasteiger partial charge in [0.1, 0.15) is 11.6 Å². The van der Waals surface area contributed by atoms with E-state index in [2.05, 4.69) is 0 Å². The van der Waals surface area contributed by atoms with Crippen molar-refractivity contribution in [2.45, 2.75) is 24.3 Å². The Balaban J connectivity index is 2.85. The Morgan fingerprint density at radius 1 is 1.41 bits per heavy atom. The predicted molar refractivity (Wildman–Crippen MR) is 66.2 cm³/mol. The SMILES string of the molecule is CCC(Oc1ccc(S(C)(=O)=O)cc1)C(=N)N. The molecule has 1 unspecified atom stereocenters. The van der Waals surface area contributed by atoms with Crippen LogP contribution in [0, 0.1) is 5.41 Å². The number of hydrogen-bond acceptors (Lipinski definition) is 4. The van der Waals surface area contributed by atoms with Crippen LogP contribution in [0.5, 0.6) is 5.75 Å². The maximum absolute atomic E-state index is 11.2. The second-order valence-corrected chi connectivity index (χ2v) is 5.73. The minimum atomic E-state index is -3.19. The molecule has 0 bridgehead atoms. The minimum Gasteiger partial charge on any atom is -0.483 e. The van der Waals surface area contributed by atoms with E-state index in [9.17, 15) is 8.42 Å². The summed E-state index contributed by atoms with van der Waals surface area (Å²) in [6.07, 6.45) is 1.26. The Labute approximate surface area is 101 Å². The maximum Gasteiger partial charge on any atom is 0.175 e. The number of ether oxygens (including phenoxy) is 1. The number of rotatable bonds is 5. The van der Waals surface area contributed by atoms with Gasteiger partial charge in [0, 0.05) is 6.26 Å². The van der Waals surface area contributed by atoms with E-state index in [1.165, 1.54) is 12.1 Å². The molecule has 0 saturated heterocycles. The van der Waals surface area contributed by atoms with Gasteiger partial charge in [-0.05, 0) is 30.7 Å². The first-order valence-electron chi connectivity index (χ1n) is 5.15. The van der Waals surface area contributed by atoms with E-state index in [-0.39, 0.29) is 10.7 Å². The fourth-order valence-corrected chi connectivity index (χ4v) is 1.93. The molecule has 0 aliphatic rings. The van der Waals surface area contributed by atoms with Gasteiger partial charge in [0.05, 0.1) is 4.90 Å². The number of benzene rings is 1. The van der Waals surface area contributed by atoms with Crippen LogP contribution in [-0.2, 0) is 9.84 Å². The van der Waals surface area contributed by atoms with Crippen molar-refractivity contribution in [3.8, 4) is 5.75 Å². The van der Waals surface area contributed by atoms with Crippen molar-refractivity contribution in [1.82, 2.24) is 0 Å². The third kappa shape index (κ3) is 3.74. The Hall–Kier alpha value is -1.56. The Bertz CT molecular complexity index is 494. The van der Waals surface area contributed by atoms with Gasteiger partial charge < -0.3 is 10.5 Å². The summed E-state index contributed by atoms with van der Waals surface area (Å²) in [7, 11) is -3.19. The average molecular weight is 256 g/mol. The van der Waals surface area contributed by atoms with Crippen LogP contribution in [0.3, 0.4) is 0 Å². The van der Waals surface area contributed by atoms with Gasteiger partial charge in [0.2, 0.25) is 0 Å². The molecule has 0 aliphatic heterocycles. The third-order valence-electron chi connectivity index (χ3n) is 2.25. The summed E-state index contributed by atoms with van der Waals surface area (Å²) in [5, 5.41) is 7.30. The van der Waals surface area contributed by atoms with Crippen LogP contribution in [0.15, 0.2) is 29.2 Å². The first kappa shape index (κ1) is 13.5. The molecule has 3 N–H and O–H groups in total. The van der Waals surface area contributed by atoms with Gasteiger partial charge in [-0.15, -0.1) is 0 Å². The molecule has 0 saturated carbocycles. The Morgan fingerprint density at radius 3 is 2.29 bits per heavy atom. The summed E-state index contributed by atoms with van der Waals surface area (Å²) >= 11 is 0. The number of hydrogen-bond donors (Lipinski definition) is 2. The van der Waals surface area contributed by atoms with Crippen molar-refractivity contribution in [3.63, 3.8) is 0 Å². The molecule has 0 fully saturated rings. The molecule has 0 radical (unpaired) electrons. The Morgan fingerprint density at radius 2 is 1.94 bits per heavy atom. The van der Waals surface area contributed by atoms with Gasteiger partial charge in [0.15, 0.2) is 15.9 Å². The molecule has 17 heavy (non-hydrogen) atoms. The van der Waals surface area contributed by atoms with Gasteiger partial charge >= 0.3 is 0 Å². The summed E-state index contributed by atoms with van der Waals surface area (Å²) in [5.41, 5.74) is 5.36. The number of amidine groups is 1. The first-order chi connectivity index (χ1) is 7.84. The largest absolute Gasteiger partial charge is 0.483 e. The summed E-state index contributed by atoms with van der Waals surface area (Å²) in [6, 6.07) is 6.05.